The third kappa shape index (κ3) is 2.10. The van der Waals surface area contributed by atoms with Crippen molar-refractivity contribution >= 4 is 27.2 Å². The van der Waals surface area contributed by atoms with Gasteiger partial charge in [-0.05, 0) is 18.6 Å². The SMILES string of the molecule is CCCS(=O)(=O)n1ccc2ccc(C=O)cc21. The third-order valence-corrected chi connectivity index (χ3v) is 4.42. The Labute approximate surface area is 99.9 Å². The fourth-order valence-electron chi connectivity index (χ4n) is 1.79. The summed E-state index contributed by atoms with van der Waals surface area (Å²) in [4.78, 5) is 10.7. The summed E-state index contributed by atoms with van der Waals surface area (Å²) in [6, 6.07) is 6.75. The Hall–Kier alpha value is -1.62. The maximum atomic E-state index is 12.0. The fourth-order valence-corrected chi connectivity index (χ4v) is 3.21. The summed E-state index contributed by atoms with van der Waals surface area (Å²) in [5.41, 5.74) is 1.03. The number of nitrogens with zero attached hydrogens (tertiary/aromatic N) is 1. The molecule has 0 aliphatic heterocycles. The first-order chi connectivity index (χ1) is 8.08. The van der Waals surface area contributed by atoms with Gasteiger partial charge in [0.2, 0.25) is 10.0 Å². The van der Waals surface area contributed by atoms with E-state index in [9.17, 15) is 13.2 Å². The van der Waals surface area contributed by atoms with Crippen molar-refractivity contribution in [3.8, 4) is 0 Å². The molecule has 4 nitrogen and oxygen atoms in total. The van der Waals surface area contributed by atoms with Crippen LogP contribution in [0.25, 0.3) is 10.9 Å². The van der Waals surface area contributed by atoms with Gasteiger partial charge in [0.1, 0.15) is 6.29 Å². The van der Waals surface area contributed by atoms with Gasteiger partial charge in [-0.1, -0.05) is 19.1 Å². The van der Waals surface area contributed by atoms with E-state index in [0.29, 0.717) is 23.8 Å². The number of benzene rings is 1. The lowest BCUT2D eigenvalue weighted by molar-refractivity contribution is 0.112. The van der Waals surface area contributed by atoms with Gasteiger partial charge in [-0.25, -0.2) is 12.4 Å². The highest BCUT2D eigenvalue weighted by atomic mass is 32.2. The van der Waals surface area contributed by atoms with E-state index in [0.717, 1.165) is 5.39 Å². The van der Waals surface area contributed by atoms with Crippen molar-refractivity contribution in [3.05, 3.63) is 36.0 Å². The molecular formula is C12H13NO3S. The van der Waals surface area contributed by atoms with Crippen molar-refractivity contribution in [2.45, 2.75) is 13.3 Å². The Kier molecular flexibility index (Phi) is 3.02. The van der Waals surface area contributed by atoms with Crippen LogP contribution in [0.5, 0.6) is 0 Å². The first-order valence-electron chi connectivity index (χ1n) is 5.38. The summed E-state index contributed by atoms with van der Waals surface area (Å²) in [6.45, 7) is 1.82. The molecule has 1 aromatic heterocycles. The molecule has 1 aromatic carbocycles. The molecule has 0 atom stereocenters. The van der Waals surface area contributed by atoms with Gasteiger partial charge in [-0.3, -0.25) is 4.79 Å². The Morgan fingerprint density at radius 2 is 2.06 bits per heavy atom. The third-order valence-electron chi connectivity index (χ3n) is 2.58. The zero-order valence-electron chi connectivity index (χ0n) is 9.46. The monoisotopic (exact) mass is 251 g/mol. The van der Waals surface area contributed by atoms with Crippen molar-refractivity contribution in [3.63, 3.8) is 0 Å². The number of aromatic nitrogens is 1. The zero-order chi connectivity index (χ0) is 12.5. The highest BCUT2D eigenvalue weighted by Gasteiger charge is 2.14. The molecule has 0 spiro atoms. The van der Waals surface area contributed by atoms with E-state index in [4.69, 9.17) is 0 Å². The van der Waals surface area contributed by atoms with Crippen LogP contribution in [0, 0.1) is 0 Å². The Bertz CT molecular complexity index is 655. The lowest BCUT2D eigenvalue weighted by Gasteiger charge is -2.06. The van der Waals surface area contributed by atoms with Gasteiger partial charge in [0.25, 0.3) is 0 Å². The minimum absolute atomic E-state index is 0.0993. The first-order valence-corrected chi connectivity index (χ1v) is 6.99. The van der Waals surface area contributed by atoms with Gasteiger partial charge in [0.15, 0.2) is 0 Å². The molecule has 0 saturated carbocycles. The van der Waals surface area contributed by atoms with Gasteiger partial charge in [0, 0.05) is 17.1 Å². The predicted molar refractivity (Wildman–Crippen MR) is 66.8 cm³/mol. The second-order valence-electron chi connectivity index (χ2n) is 3.86. The van der Waals surface area contributed by atoms with Crippen LogP contribution >= 0.6 is 0 Å². The standard InChI is InChI=1S/C12H13NO3S/c1-2-7-17(15,16)13-6-5-11-4-3-10(9-14)8-12(11)13/h3-6,8-9H,2,7H2,1H3. The van der Waals surface area contributed by atoms with Gasteiger partial charge < -0.3 is 0 Å². The highest BCUT2D eigenvalue weighted by Crippen LogP contribution is 2.19. The first kappa shape index (κ1) is 11.9. The molecule has 0 unspecified atom stereocenters. The lowest BCUT2D eigenvalue weighted by atomic mass is 10.2. The molecule has 0 aliphatic rings. The van der Waals surface area contributed by atoms with Gasteiger partial charge in [-0.2, -0.15) is 0 Å². The van der Waals surface area contributed by atoms with E-state index in [1.807, 2.05) is 6.92 Å². The van der Waals surface area contributed by atoms with Crippen LogP contribution in [0.4, 0.5) is 0 Å². The number of carbonyl (C=O) groups excluding carboxylic acids is 1. The number of fused-ring (bicyclic) bond motifs is 1. The molecule has 0 amide bonds. The van der Waals surface area contributed by atoms with Crippen molar-refractivity contribution in [1.82, 2.24) is 3.97 Å². The van der Waals surface area contributed by atoms with E-state index >= 15 is 0 Å². The van der Waals surface area contributed by atoms with Crippen molar-refractivity contribution in [1.29, 1.82) is 0 Å². The van der Waals surface area contributed by atoms with Crippen LogP contribution in [0.3, 0.4) is 0 Å². The molecule has 90 valence electrons. The second-order valence-corrected chi connectivity index (χ2v) is 5.83. The largest absolute Gasteiger partial charge is 0.298 e. The molecular weight excluding hydrogens is 238 g/mol. The van der Waals surface area contributed by atoms with Crippen molar-refractivity contribution in [2.24, 2.45) is 0 Å². The Morgan fingerprint density at radius 1 is 1.29 bits per heavy atom. The van der Waals surface area contributed by atoms with E-state index in [-0.39, 0.29) is 5.75 Å². The number of hydrogen-bond donors (Lipinski definition) is 0. The average molecular weight is 251 g/mol. The predicted octanol–water partition coefficient (Wildman–Crippen LogP) is 2.04. The number of aldehydes is 1. The summed E-state index contributed by atoms with van der Waals surface area (Å²) < 4.78 is 25.2. The average Bonchev–Trinajstić information content (AvgIpc) is 2.71. The molecule has 0 radical (unpaired) electrons. The molecule has 2 aromatic rings. The van der Waals surface area contributed by atoms with Gasteiger partial charge in [0.05, 0.1) is 11.3 Å². The van der Waals surface area contributed by atoms with E-state index in [1.165, 1.54) is 10.2 Å². The molecule has 5 heteroatoms. The summed E-state index contributed by atoms with van der Waals surface area (Å²) in [5, 5.41) is 0.815. The molecule has 1 heterocycles. The molecule has 0 fully saturated rings. The van der Waals surface area contributed by atoms with Crippen molar-refractivity contribution < 1.29 is 13.2 Å². The van der Waals surface area contributed by atoms with Crippen LogP contribution in [0.15, 0.2) is 30.5 Å². The summed E-state index contributed by atoms with van der Waals surface area (Å²) >= 11 is 0. The molecule has 17 heavy (non-hydrogen) atoms. The van der Waals surface area contributed by atoms with E-state index in [1.54, 1.807) is 24.3 Å². The van der Waals surface area contributed by atoms with Crippen LogP contribution in [-0.2, 0) is 10.0 Å². The van der Waals surface area contributed by atoms with Gasteiger partial charge in [-0.15, -0.1) is 0 Å². The van der Waals surface area contributed by atoms with Crippen LogP contribution in [-0.4, -0.2) is 24.4 Å². The topological polar surface area (TPSA) is 56.1 Å². The summed E-state index contributed by atoms with van der Waals surface area (Å²) in [7, 11) is -3.32. The van der Waals surface area contributed by atoms with E-state index in [2.05, 4.69) is 0 Å². The molecule has 0 bridgehead atoms. The second kappa shape index (κ2) is 4.33. The smallest absolute Gasteiger partial charge is 0.238 e. The lowest BCUT2D eigenvalue weighted by Crippen LogP contribution is -2.14. The quantitative estimate of drug-likeness (QED) is 0.781. The fraction of sp³-hybridized carbons (Fsp3) is 0.250. The normalized spacial score (nSPS) is 11.8. The number of hydrogen-bond acceptors (Lipinski definition) is 3. The maximum absolute atomic E-state index is 12.0. The number of rotatable bonds is 4. The van der Waals surface area contributed by atoms with E-state index < -0.39 is 10.0 Å². The minimum Gasteiger partial charge on any atom is -0.298 e. The number of carbonyl (C=O) groups is 1. The van der Waals surface area contributed by atoms with Gasteiger partial charge >= 0.3 is 0 Å². The zero-order valence-corrected chi connectivity index (χ0v) is 10.3. The van der Waals surface area contributed by atoms with Crippen molar-refractivity contribution in [2.75, 3.05) is 5.75 Å². The van der Waals surface area contributed by atoms with Crippen LogP contribution < -0.4 is 0 Å². The minimum atomic E-state index is -3.32. The molecule has 0 N–H and O–H groups in total. The maximum Gasteiger partial charge on any atom is 0.238 e. The van der Waals surface area contributed by atoms with Crippen LogP contribution in [0.2, 0.25) is 0 Å². The molecule has 0 aliphatic carbocycles. The molecule has 2 rings (SSSR count). The Morgan fingerprint density at radius 3 is 2.71 bits per heavy atom. The summed E-state index contributed by atoms with van der Waals surface area (Å²) in [5.74, 6) is 0.0993. The highest BCUT2D eigenvalue weighted by molar-refractivity contribution is 7.90. The summed E-state index contributed by atoms with van der Waals surface area (Å²) in [6.07, 6.45) is 2.81. The Balaban J connectivity index is 2.66. The van der Waals surface area contributed by atoms with Crippen LogP contribution in [0.1, 0.15) is 23.7 Å². The molecule has 0 saturated heterocycles.